The Labute approximate surface area is 147 Å². The molecule has 0 radical (unpaired) electrons. The molecule has 3 aliphatic rings. The normalized spacial score (nSPS) is 24.9. The summed E-state index contributed by atoms with van der Waals surface area (Å²) in [6.07, 6.45) is 5.30. The molecule has 0 aromatic carbocycles. The Morgan fingerprint density at radius 1 is 1.16 bits per heavy atom. The maximum Gasteiger partial charge on any atom is 0.252 e. The molecule has 1 saturated carbocycles. The van der Waals surface area contributed by atoms with E-state index in [4.69, 9.17) is 9.72 Å². The van der Waals surface area contributed by atoms with E-state index in [1.807, 2.05) is 4.90 Å². The van der Waals surface area contributed by atoms with Gasteiger partial charge in [-0.25, -0.2) is 4.98 Å². The predicted octanol–water partition coefficient (Wildman–Crippen LogP) is 1.11. The zero-order valence-corrected chi connectivity index (χ0v) is 14.6. The summed E-state index contributed by atoms with van der Waals surface area (Å²) in [6.45, 7) is 4.25. The molecule has 1 aliphatic carbocycles. The number of H-pyrrole nitrogens is 1. The Kier molecular flexibility index (Phi) is 4.74. The Balaban J connectivity index is 1.47. The van der Waals surface area contributed by atoms with Gasteiger partial charge in [-0.1, -0.05) is 12.8 Å². The summed E-state index contributed by atoms with van der Waals surface area (Å²) in [5, 5.41) is 0. The maximum absolute atomic E-state index is 12.6. The monoisotopic (exact) mass is 346 g/mol. The highest BCUT2D eigenvalue weighted by molar-refractivity contribution is 5.79. The fourth-order valence-corrected chi connectivity index (χ4v) is 4.23. The van der Waals surface area contributed by atoms with Crippen molar-refractivity contribution in [2.24, 2.45) is 5.92 Å². The Hall–Kier alpha value is -1.89. The number of aromatic amines is 1. The molecule has 25 heavy (non-hydrogen) atoms. The van der Waals surface area contributed by atoms with Crippen molar-refractivity contribution in [2.45, 2.75) is 38.0 Å². The molecule has 3 heterocycles. The van der Waals surface area contributed by atoms with Gasteiger partial charge < -0.3 is 14.5 Å². The van der Waals surface area contributed by atoms with Gasteiger partial charge in [0, 0.05) is 44.1 Å². The first-order valence-corrected chi connectivity index (χ1v) is 9.43. The minimum absolute atomic E-state index is 0.118. The number of morpholine rings is 1. The highest BCUT2D eigenvalue weighted by Crippen LogP contribution is 2.31. The third-order valence-corrected chi connectivity index (χ3v) is 5.68. The van der Waals surface area contributed by atoms with E-state index < -0.39 is 0 Å². The van der Waals surface area contributed by atoms with E-state index in [-0.39, 0.29) is 17.4 Å². The average Bonchev–Trinajstić information content (AvgIpc) is 3.33. The third-order valence-electron chi connectivity index (χ3n) is 5.68. The molecule has 1 atom stereocenters. The van der Waals surface area contributed by atoms with Crippen LogP contribution in [0.25, 0.3) is 0 Å². The van der Waals surface area contributed by atoms with Gasteiger partial charge in [0.15, 0.2) is 0 Å². The highest BCUT2D eigenvalue weighted by atomic mass is 16.5. The number of ether oxygens (including phenoxy) is 1. The number of aromatic nitrogens is 2. The summed E-state index contributed by atoms with van der Waals surface area (Å²) in [6, 6.07) is 1.60. The summed E-state index contributed by atoms with van der Waals surface area (Å²) in [4.78, 5) is 36.3. The number of nitrogens with one attached hydrogen (secondary N) is 1. The number of carbonyl (C=O) groups is 1. The summed E-state index contributed by atoms with van der Waals surface area (Å²) < 4.78 is 5.36. The fourth-order valence-electron chi connectivity index (χ4n) is 4.23. The standard InChI is InChI=1S/C18H26N4O3/c23-16-11-15(19-18(20-16)21-7-9-25-10-8-21)14-5-6-22(12-14)17(24)13-3-1-2-4-13/h11,13-14H,1-10,12H2,(H,19,20,23)/t14-/m1/s1. The number of likely N-dealkylation sites (tertiary alicyclic amines) is 1. The van der Waals surface area contributed by atoms with Crippen LogP contribution in [0.15, 0.2) is 10.9 Å². The van der Waals surface area contributed by atoms with Crippen LogP contribution in [0.1, 0.15) is 43.7 Å². The minimum atomic E-state index is -0.118. The maximum atomic E-state index is 12.6. The first-order valence-electron chi connectivity index (χ1n) is 9.43. The second-order valence-corrected chi connectivity index (χ2v) is 7.34. The third kappa shape index (κ3) is 3.56. The van der Waals surface area contributed by atoms with Gasteiger partial charge in [-0.2, -0.15) is 0 Å². The van der Waals surface area contributed by atoms with Gasteiger partial charge in [-0.3, -0.25) is 14.6 Å². The number of hydrogen-bond acceptors (Lipinski definition) is 5. The molecule has 3 fully saturated rings. The van der Waals surface area contributed by atoms with Crippen LogP contribution in [0.2, 0.25) is 0 Å². The minimum Gasteiger partial charge on any atom is -0.378 e. The summed E-state index contributed by atoms with van der Waals surface area (Å²) in [5.74, 6) is 1.31. The molecular formula is C18H26N4O3. The lowest BCUT2D eigenvalue weighted by molar-refractivity contribution is -0.134. The molecule has 0 spiro atoms. The molecule has 136 valence electrons. The van der Waals surface area contributed by atoms with E-state index in [1.54, 1.807) is 6.07 Å². The van der Waals surface area contributed by atoms with E-state index in [2.05, 4.69) is 9.88 Å². The van der Waals surface area contributed by atoms with Crippen molar-refractivity contribution in [1.29, 1.82) is 0 Å². The van der Waals surface area contributed by atoms with E-state index >= 15 is 0 Å². The van der Waals surface area contributed by atoms with Gasteiger partial charge >= 0.3 is 0 Å². The molecule has 2 aliphatic heterocycles. The summed E-state index contributed by atoms with van der Waals surface area (Å²) in [7, 11) is 0. The van der Waals surface area contributed by atoms with Crippen LogP contribution in [0, 0.1) is 5.92 Å². The average molecular weight is 346 g/mol. The van der Waals surface area contributed by atoms with Crippen LogP contribution in [0.3, 0.4) is 0 Å². The number of carbonyl (C=O) groups excluding carboxylic acids is 1. The van der Waals surface area contributed by atoms with Crippen molar-refractivity contribution in [1.82, 2.24) is 14.9 Å². The molecule has 1 amide bonds. The van der Waals surface area contributed by atoms with Crippen molar-refractivity contribution in [3.63, 3.8) is 0 Å². The molecule has 1 aromatic rings. The van der Waals surface area contributed by atoms with Crippen molar-refractivity contribution in [2.75, 3.05) is 44.3 Å². The number of nitrogens with zero attached hydrogens (tertiary/aromatic N) is 3. The molecule has 4 rings (SSSR count). The Bertz CT molecular complexity index is 677. The van der Waals surface area contributed by atoms with Crippen molar-refractivity contribution in [3.05, 3.63) is 22.1 Å². The highest BCUT2D eigenvalue weighted by Gasteiger charge is 2.33. The number of amides is 1. The molecule has 7 nitrogen and oxygen atoms in total. The summed E-state index contributed by atoms with van der Waals surface area (Å²) >= 11 is 0. The van der Waals surface area contributed by atoms with Gasteiger partial charge in [0.25, 0.3) is 5.56 Å². The van der Waals surface area contributed by atoms with E-state index in [0.717, 1.165) is 44.6 Å². The largest absolute Gasteiger partial charge is 0.378 e. The van der Waals surface area contributed by atoms with E-state index in [0.29, 0.717) is 31.6 Å². The lowest BCUT2D eigenvalue weighted by atomic mass is 10.0. The zero-order chi connectivity index (χ0) is 17.2. The Morgan fingerprint density at radius 2 is 1.92 bits per heavy atom. The molecule has 2 saturated heterocycles. The molecule has 0 unspecified atom stereocenters. The zero-order valence-electron chi connectivity index (χ0n) is 14.6. The topological polar surface area (TPSA) is 78.5 Å². The molecule has 1 aromatic heterocycles. The lowest BCUT2D eigenvalue weighted by Gasteiger charge is -2.27. The molecule has 0 bridgehead atoms. The number of rotatable bonds is 3. The molecule has 7 heteroatoms. The van der Waals surface area contributed by atoms with Gasteiger partial charge in [0.05, 0.1) is 18.9 Å². The van der Waals surface area contributed by atoms with Crippen LogP contribution in [-0.4, -0.2) is 60.2 Å². The van der Waals surface area contributed by atoms with Gasteiger partial charge in [-0.15, -0.1) is 0 Å². The second kappa shape index (κ2) is 7.15. The summed E-state index contributed by atoms with van der Waals surface area (Å²) in [5.41, 5.74) is 0.694. The van der Waals surface area contributed by atoms with Gasteiger partial charge in [0.1, 0.15) is 0 Å². The van der Waals surface area contributed by atoms with Crippen LogP contribution in [0.5, 0.6) is 0 Å². The van der Waals surface area contributed by atoms with Gasteiger partial charge in [-0.05, 0) is 19.3 Å². The molecular weight excluding hydrogens is 320 g/mol. The first-order chi connectivity index (χ1) is 12.2. The SMILES string of the molecule is O=C(C1CCCC1)N1CC[C@@H](c2cc(=O)[nH]c(N3CCOCC3)n2)C1. The smallest absolute Gasteiger partial charge is 0.252 e. The van der Waals surface area contributed by atoms with Crippen LogP contribution >= 0.6 is 0 Å². The Morgan fingerprint density at radius 3 is 2.68 bits per heavy atom. The van der Waals surface area contributed by atoms with E-state index in [1.165, 1.54) is 12.8 Å². The molecule has 1 N–H and O–H groups in total. The van der Waals surface area contributed by atoms with Crippen molar-refractivity contribution >= 4 is 11.9 Å². The van der Waals surface area contributed by atoms with Crippen LogP contribution in [-0.2, 0) is 9.53 Å². The lowest BCUT2D eigenvalue weighted by Crippen LogP contribution is -2.38. The second-order valence-electron chi connectivity index (χ2n) is 7.34. The predicted molar refractivity (Wildman–Crippen MR) is 93.8 cm³/mol. The van der Waals surface area contributed by atoms with Crippen LogP contribution < -0.4 is 10.5 Å². The quantitative estimate of drug-likeness (QED) is 0.887. The number of hydrogen-bond donors (Lipinski definition) is 1. The fraction of sp³-hybridized carbons (Fsp3) is 0.722. The van der Waals surface area contributed by atoms with Gasteiger partial charge in [0.2, 0.25) is 11.9 Å². The number of anilines is 1. The van der Waals surface area contributed by atoms with E-state index in [9.17, 15) is 9.59 Å². The van der Waals surface area contributed by atoms with Crippen molar-refractivity contribution in [3.8, 4) is 0 Å². The van der Waals surface area contributed by atoms with Crippen molar-refractivity contribution < 1.29 is 9.53 Å². The first kappa shape index (κ1) is 16.6. The van der Waals surface area contributed by atoms with Crippen LogP contribution in [0.4, 0.5) is 5.95 Å².